The molecule has 0 aliphatic rings. The van der Waals surface area contributed by atoms with Gasteiger partial charge >= 0.3 is 0 Å². The summed E-state index contributed by atoms with van der Waals surface area (Å²) in [5.74, 6) is 0.641. The standard InChI is InChI=1S/C6H10Cl2/c1-2-3-6(8)4-5-7/h2,6H,1,3-5H2. The van der Waals surface area contributed by atoms with Crippen LogP contribution in [0, 0.1) is 0 Å². The Hall–Kier alpha value is 0.320. The second kappa shape index (κ2) is 5.46. The highest BCUT2D eigenvalue weighted by molar-refractivity contribution is 6.22. The number of halogens is 2. The molecule has 1 atom stereocenters. The summed E-state index contributed by atoms with van der Waals surface area (Å²) in [5.41, 5.74) is 0. The van der Waals surface area contributed by atoms with Crippen molar-refractivity contribution in [2.24, 2.45) is 0 Å². The second-order valence-corrected chi connectivity index (χ2v) is 2.59. The van der Waals surface area contributed by atoms with Crippen LogP contribution in [0.2, 0.25) is 0 Å². The summed E-state index contributed by atoms with van der Waals surface area (Å²) >= 11 is 11.1. The molecule has 0 rings (SSSR count). The lowest BCUT2D eigenvalue weighted by atomic mass is 10.2. The normalized spacial score (nSPS) is 13.2. The van der Waals surface area contributed by atoms with E-state index in [1.807, 2.05) is 6.08 Å². The fourth-order valence-corrected chi connectivity index (χ4v) is 1.03. The molecule has 0 heterocycles. The van der Waals surface area contributed by atoms with Crippen LogP contribution >= 0.6 is 23.2 Å². The molecule has 0 saturated heterocycles. The van der Waals surface area contributed by atoms with Crippen LogP contribution in [0.5, 0.6) is 0 Å². The van der Waals surface area contributed by atoms with Crippen molar-refractivity contribution in [2.75, 3.05) is 5.88 Å². The number of rotatable bonds is 4. The van der Waals surface area contributed by atoms with E-state index in [-0.39, 0.29) is 5.38 Å². The van der Waals surface area contributed by atoms with E-state index in [0.29, 0.717) is 5.88 Å². The first-order chi connectivity index (χ1) is 3.81. The summed E-state index contributed by atoms with van der Waals surface area (Å²) in [7, 11) is 0. The molecule has 0 N–H and O–H groups in total. The van der Waals surface area contributed by atoms with Crippen LogP contribution in [0.3, 0.4) is 0 Å². The van der Waals surface area contributed by atoms with E-state index >= 15 is 0 Å². The minimum atomic E-state index is 0.185. The summed E-state index contributed by atoms with van der Waals surface area (Å²) in [6.45, 7) is 3.56. The predicted molar refractivity (Wildman–Crippen MR) is 39.8 cm³/mol. The van der Waals surface area contributed by atoms with Crippen molar-refractivity contribution in [3.63, 3.8) is 0 Å². The maximum atomic E-state index is 5.73. The van der Waals surface area contributed by atoms with E-state index in [2.05, 4.69) is 6.58 Å². The van der Waals surface area contributed by atoms with Crippen LogP contribution in [0.4, 0.5) is 0 Å². The molecule has 0 aromatic carbocycles. The Labute approximate surface area is 60.5 Å². The Morgan fingerprint density at radius 2 is 2.25 bits per heavy atom. The molecule has 0 radical (unpaired) electrons. The molecule has 0 aromatic heterocycles. The lowest BCUT2D eigenvalue weighted by Gasteiger charge is -1.99. The van der Waals surface area contributed by atoms with Gasteiger partial charge in [-0.1, -0.05) is 6.08 Å². The van der Waals surface area contributed by atoms with Crippen LogP contribution < -0.4 is 0 Å². The predicted octanol–water partition coefficient (Wildman–Crippen LogP) is 2.80. The van der Waals surface area contributed by atoms with Gasteiger partial charge in [0.1, 0.15) is 0 Å². The maximum absolute atomic E-state index is 5.73. The molecule has 0 saturated carbocycles. The van der Waals surface area contributed by atoms with Gasteiger partial charge in [-0.2, -0.15) is 0 Å². The molecule has 8 heavy (non-hydrogen) atoms. The quantitative estimate of drug-likeness (QED) is 0.430. The van der Waals surface area contributed by atoms with E-state index in [4.69, 9.17) is 23.2 Å². The van der Waals surface area contributed by atoms with Gasteiger partial charge in [0.25, 0.3) is 0 Å². The third-order valence-corrected chi connectivity index (χ3v) is 1.46. The lowest BCUT2D eigenvalue weighted by Crippen LogP contribution is -1.95. The fraction of sp³-hybridized carbons (Fsp3) is 0.667. The van der Waals surface area contributed by atoms with Crippen LogP contribution in [-0.4, -0.2) is 11.3 Å². The lowest BCUT2D eigenvalue weighted by molar-refractivity contribution is 0.831. The highest BCUT2D eigenvalue weighted by Crippen LogP contribution is 2.07. The molecular formula is C6H10Cl2. The first-order valence-electron chi connectivity index (χ1n) is 2.62. The van der Waals surface area contributed by atoms with Crippen molar-refractivity contribution in [1.29, 1.82) is 0 Å². The van der Waals surface area contributed by atoms with Gasteiger partial charge in [-0.05, 0) is 12.8 Å². The molecule has 48 valence electrons. The van der Waals surface area contributed by atoms with E-state index in [1.165, 1.54) is 0 Å². The smallest absolute Gasteiger partial charge is 0.0381 e. The molecule has 0 aromatic rings. The molecule has 0 bridgehead atoms. The second-order valence-electron chi connectivity index (χ2n) is 1.60. The van der Waals surface area contributed by atoms with Gasteiger partial charge in [0.2, 0.25) is 0 Å². The van der Waals surface area contributed by atoms with Crippen LogP contribution in [0.25, 0.3) is 0 Å². The molecule has 0 aliphatic carbocycles. The Kier molecular flexibility index (Phi) is 5.67. The zero-order valence-electron chi connectivity index (χ0n) is 4.74. The molecule has 0 spiro atoms. The zero-order chi connectivity index (χ0) is 6.41. The Balaban J connectivity index is 3.03. The van der Waals surface area contributed by atoms with E-state index in [0.717, 1.165) is 12.8 Å². The minimum absolute atomic E-state index is 0.185. The molecule has 2 heteroatoms. The molecule has 1 unspecified atom stereocenters. The topological polar surface area (TPSA) is 0 Å². The SMILES string of the molecule is C=CCC(Cl)CCCl. The number of alkyl halides is 2. The first kappa shape index (κ1) is 8.32. The summed E-state index contributed by atoms with van der Waals surface area (Å²) in [6.07, 6.45) is 3.54. The number of allylic oxidation sites excluding steroid dienone is 1. The van der Waals surface area contributed by atoms with Crippen LogP contribution in [0.15, 0.2) is 12.7 Å². The van der Waals surface area contributed by atoms with Crippen molar-refractivity contribution >= 4 is 23.2 Å². The van der Waals surface area contributed by atoms with Gasteiger partial charge in [0, 0.05) is 11.3 Å². The van der Waals surface area contributed by atoms with Gasteiger partial charge in [0.15, 0.2) is 0 Å². The van der Waals surface area contributed by atoms with E-state index in [9.17, 15) is 0 Å². The highest BCUT2D eigenvalue weighted by Gasteiger charge is 1.97. The first-order valence-corrected chi connectivity index (χ1v) is 3.59. The summed E-state index contributed by atoms with van der Waals surface area (Å²) < 4.78 is 0. The molecule has 0 nitrogen and oxygen atoms in total. The summed E-state index contributed by atoms with van der Waals surface area (Å²) in [5, 5.41) is 0.185. The summed E-state index contributed by atoms with van der Waals surface area (Å²) in [4.78, 5) is 0. The number of hydrogen-bond donors (Lipinski definition) is 0. The van der Waals surface area contributed by atoms with Crippen molar-refractivity contribution in [2.45, 2.75) is 18.2 Å². The van der Waals surface area contributed by atoms with E-state index < -0.39 is 0 Å². The van der Waals surface area contributed by atoms with Gasteiger partial charge in [-0.15, -0.1) is 29.8 Å². The Morgan fingerprint density at radius 3 is 2.62 bits per heavy atom. The van der Waals surface area contributed by atoms with Crippen molar-refractivity contribution in [1.82, 2.24) is 0 Å². The van der Waals surface area contributed by atoms with Gasteiger partial charge in [-0.25, -0.2) is 0 Å². The monoisotopic (exact) mass is 152 g/mol. The minimum Gasteiger partial charge on any atom is -0.127 e. The maximum Gasteiger partial charge on any atom is 0.0381 e. The Bertz CT molecular complexity index is 61.5. The average Bonchev–Trinajstić information content (AvgIpc) is 1.68. The molecular weight excluding hydrogens is 143 g/mol. The zero-order valence-corrected chi connectivity index (χ0v) is 6.25. The van der Waals surface area contributed by atoms with Crippen molar-refractivity contribution in [3.05, 3.63) is 12.7 Å². The molecule has 0 fully saturated rings. The average molecular weight is 153 g/mol. The van der Waals surface area contributed by atoms with Crippen molar-refractivity contribution < 1.29 is 0 Å². The van der Waals surface area contributed by atoms with Crippen LogP contribution in [-0.2, 0) is 0 Å². The third kappa shape index (κ3) is 4.48. The van der Waals surface area contributed by atoms with Crippen molar-refractivity contribution in [3.8, 4) is 0 Å². The summed E-state index contributed by atoms with van der Waals surface area (Å²) in [6, 6.07) is 0. The molecule has 0 aliphatic heterocycles. The highest BCUT2D eigenvalue weighted by atomic mass is 35.5. The van der Waals surface area contributed by atoms with Gasteiger partial charge in [0.05, 0.1) is 0 Å². The number of hydrogen-bond acceptors (Lipinski definition) is 0. The Morgan fingerprint density at radius 1 is 1.62 bits per heavy atom. The fourth-order valence-electron chi connectivity index (χ4n) is 0.417. The largest absolute Gasteiger partial charge is 0.127 e. The van der Waals surface area contributed by atoms with Gasteiger partial charge in [-0.3, -0.25) is 0 Å². The third-order valence-electron chi connectivity index (χ3n) is 0.845. The molecule has 0 amide bonds. The van der Waals surface area contributed by atoms with Gasteiger partial charge < -0.3 is 0 Å². The van der Waals surface area contributed by atoms with E-state index in [1.54, 1.807) is 0 Å². The van der Waals surface area contributed by atoms with Crippen LogP contribution in [0.1, 0.15) is 12.8 Å².